The molecule has 2 N–H and O–H groups in total. The molecule has 0 radical (unpaired) electrons. The van der Waals surface area contributed by atoms with E-state index in [1.807, 2.05) is 26.1 Å². The molecule has 1 rings (SSSR count). The van der Waals surface area contributed by atoms with Crippen molar-refractivity contribution < 1.29 is 9.47 Å². The molecule has 1 aromatic rings. The number of nitrogens with zero attached hydrogens (tertiary/aromatic N) is 2. The van der Waals surface area contributed by atoms with Crippen LogP contribution in [0.5, 0.6) is 0 Å². The van der Waals surface area contributed by atoms with Gasteiger partial charge in [-0.05, 0) is 32.4 Å². The van der Waals surface area contributed by atoms with Gasteiger partial charge in [-0.2, -0.15) is 0 Å². The van der Waals surface area contributed by atoms with Crippen molar-refractivity contribution >= 4 is 5.82 Å². The van der Waals surface area contributed by atoms with Crippen molar-refractivity contribution in [3.63, 3.8) is 0 Å². The Morgan fingerprint density at radius 3 is 2.25 bits per heavy atom. The third-order valence-corrected chi connectivity index (χ3v) is 3.19. The van der Waals surface area contributed by atoms with Crippen LogP contribution in [-0.4, -0.2) is 44.5 Å². The van der Waals surface area contributed by atoms with E-state index in [4.69, 9.17) is 15.2 Å². The van der Waals surface area contributed by atoms with E-state index in [-0.39, 0.29) is 0 Å². The lowest BCUT2D eigenvalue weighted by Gasteiger charge is -2.26. The van der Waals surface area contributed by atoms with Crippen molar-refractivity contribution in [1.82, 2.24) is 4.98 Å². The maximum atomic E-state index is 5.87. The fraction of sp³-hybridized carbons (Fsp3) is 0.667. The molecule has 0 bridgehead atoms. The van der Waals surface area contributed by atoms with Crippen LogP contribution >= 0.6 is 0 Å². The third kappa shape index (κ3) is 5.07. The zero-order valence-electron chi connectivity index (χ0n) is 12.9. The van der Waals surface area contributed by atoms with Crippen LogP contribution in [0.25, 0.3) is 0 Å². The molecule has 0 saturated carbocycles. The minimum atomic E-state index is 0.495. The van der Waals surface area contributed by atoms with Crippen LogP contribution in [0.15, 0.2) is 12.3 Å². The third-order valence-electron chi connectivity index (χ3n) is 3.19. The Hall–Kier alpha value is -1.17. The molecule has 5 heteroatoms. The minimum Gasteiger partial charge on any atom is -0.380 e. The lowest BCUT2D eigenvalue weighted by Crippen LogP contribution is -2.33. The Balaban J connectivity index is 2.81. The summed E-state index contributed by atoms with van der Waals surface area (Å²) in [6, 6.07) is 1.99. The molecule has 0 amide bonds. The van der Waals surface area contributed by atoms with Crippen LogP contribution in [0.4, 0.5) is 5.82 Å². The van der Waals surface area contributed by atoms with Crippen LogP contribution < -0.4 is 10.6 Å². The monoisotopic (exact) mass is 281 g/mol. The van der Waals surface area contributed by atoms with Crippen LogP contribution in [0, 0.1) is 6.92 Å². The van der Waals surface area contributed by atoms with Crippen LogP contribution in [0.1, 0.15) is 25.0 Å². The number of rotatable bonds is 10. The van der Waals surface area contributed by atoms with Crippen LogP contribution in [0.3, 0.4) is 0 Å². The van der Waals surface area contributed by atoms with Gasteiger partial charge in [0.05, 0.1) is 13.2 Å². The van der Waals surface area contributed by atoms with Crippen molar-refractivity contribution in [2.75, 3.05) is 44.4 Å². The van der Waals surface area contributed by atoms with E-state index < -0.39 is 0 Å². The fourth-order valence-electron chi connectivity index (χ4n) is 2.06. The standard InChI is InChI=1S/C15H27N3O2/c1-4-19-10-8-18(9-11-20-5-2)15-14(12-16)13(3)6-7-17-15/h6-7H,4-5,8-12,16H2,1-3H3. The van der Waals surface area contributed by atoms with Crippen molar-refractivity contribution in [3.8, 4) is 0 Å². The molecule has 0 spiro atoms. The first kappa shape index (κ1) is 16.9. The highest BCUT2D eigenvalue weighted by Gasteiger charge is 2.13. The first-order valence-electron chi connectivity index (χ1n) is 7.29. The van der Waals surface area contributed by atoms with E-state index in [1.165, 1.54) is 5.56 Å². The first-order chi connectivity index (χ1) is 9.74. The smallest absolute Gasteiger partial charge is 0.133 e. The van der Waals surface area contributed by atoms with Gasteiger partial charge in [-0.15, -0.1) is 0 Å². The average molecular weight is 281 g/mol. The van der Waals surface area contributed by atoms with E-state index >= 15 is 0 Å². The summed E-state index contributed by atoms with van der Waals surface area (Å²) in [4.78, 5) is 6.70. The number of nitrogens with two attached hydrogens (primary N) is 1. The number of hydrogen-bond donors (Lipinski definition) is 1. The van der Waals surface area contributed by atoms with Gasteiger partial charge in [0.25, 0.3) is 0 Å². The maximum absolute atomic E-state index is 5.87. The predicted octanol–water partition coefficient (Wildman–Crippen LogP) is 1.73. The number of ether oxygens (including phenoxy) is 2. The molecular weight excluding hydrogens is 254 g/mol. The second kappa shape index (κ2) is 9.69. The SMILES string of the molecule is CCOCCN(CCOCC)c1nccc(C)c1CN. The number of aromatic nitrogens is 1. The van der Waals surface area contributed by atoms with Gasteiger partial charge < -0.3 is 20.1 Å². The molecule has 1 aromatic heterocycles. The molecule has 0 fully saturated rings. The van der Waals surface area contributed by atoms with Gasteiger partial charge in [0.1, 0.15) is 5.82 Å². The van der Waals surface area contributed by atoms with Crippen molar-refractivity contribution in [1.29, 1.82) is 0 Å². The zero-order valence-corrected chi connectivity index (χ0v) is 12.9. The summed E-state index contributed by atoms with van der Waals surface area (Å²) in [6.45, 7) is 11.0. The van der Waals surface area contributed by atoms with Gasteiger partial charge in [-0.1, -0.05) is 0 Å². The minimum absolute atomic E-state index is 0.495. The van der Waals surface area contributed by atoms with Gasteiger partial charge in [0.2, 0.25) is 0 Å². The highest BCUT2D eigenvalue weighted by Crippen LogP contribution is 2.20. The van der Waals surface area contributed by atoms with E-state index in [0.29, 0.717) is 19.8 Å². The van der Waals surface area contributed by atoms with E-state index in [0.717, 1.165) is 37.7 Å². The number of hydrogen-bond acceptors (Lipinski definition) is 5. The molecule has 0 aromatic carbocycles. The van der Waals surface area contributed by atoms with Crippen molar-refractivity contribution in [2.45, 2.75) is 27.3 Å². The Morgan fingerprint density at radius 1 is 1.15 bits per heavy atom. The zero-order chi connectivity index (χ0) is 14.8. The summed E-state index contributed by atoms with van der Waals surface area (Å²) in [5.41, 5.74) is 8.14. The van der Waals surface area contributed by atoms with Gasteiger partial charge in [-0.3, -0.25) is 0 Å². The molecule has 0 unspecified atom stereocenters. The average Bonchev–Trinajstić information content (AvgIpc) is 2.46. The quantitative estimate of drug-likeness (QED) is 0.662. The van der Waals surface area contributed by atoms with Gasteiger partial charge in [-0.25, -0.2) is 4.98 Å². The van der Waals surface area contributed by atoms with Gasteiger partial charge >= 0.3 is 0 Å². The molecule has 114 valence electrons. The summed E-state index contributed by atoms with van der Waals surface area (Å²) in [7, 11) is 0. The Bertz CT molecular complexity index is 375. The predicted molar refractivity (Wildman–Crippen MR) is 82.1 cm³/mol. The fourth-order valence-corrected chi connectivity index (χ4v) is 2.06. The largest absolute Gasteiger partial charge is 0.380 e. The first-order valence-corrected chi connectivity index (χ1v) is 7.29. The molecule has 5 nitrogen and oxygen atoms in total. The highest BCUT2D eigenvalue weighted by molar-refractivity contribution is 5.50. The van der Waals surface area contributed by atoms with E-state index in [1.54, 1.807) is 0 Å². The van der Waals surface area contributed by atoms with Crippen LogP contribution in [-0.2, 0) is 16.0 Å². The summed E-state index contributed by atoms with van der Waals surface area (Å²) < 4.78 is 10.9. The Kier molecular flexibility index (Phi) is 8.18. The van der Waals surface area contributed by atoms with Gasteiger partial charge in [0, 0.05) is 44.6 Å². The Morgan fingerprint density at radius 2 is 1.75 bits per heavy atom. The summed E-state index contributed by atoms with van der Waals surface area (Å²) >= 11 is 0. The van der Waals surface area contributed by atoms with Crippen molar-refractivity contribution in [2.24, 2.45) is 5.73 Å². The summed E-state index contributed by atoms with van der Waals surface area (Å²) in [5.74, 6) is 0.951. The normalized spacial score (nSPS) is 10.8. The maximum Gasteiger partial charge on any atom is 0.133 e. The highest BCUT2D eigenvalue weighted by atomic mass is 16.5. The number of pyridine rings is 1. The molecule has 0 atom stereocenters. The van der Waals surface area contributed by atoms with Gasteiger partial charge in [0.15, 0.2) is 0 Å². The summed E-state index contributed by atoms with van der Waals surface area (Å²) in [5, 5.41) is 0. The lowest BCUT2D eigenvalue weighted by molar-refractivity contribution is 0.141. The second-order valence-electron chi connectivity index (χ2n) is 4.52. The molecular formula is C15H27N3O2. The van der Waals surface area contributed by atoms with E-state index in [9.17, 15) is 0 Å². The molecule has 0 aliphatic carbocycles. The summed E-state index contributed by atoms with van der Waals surface area (Å²) in [6.07, 6.45) is 1.83. The number of anilines is 1. The van der Waals surface area contributed by atoms with E-state index in [2.05, 4.69) is 16.8 Å². The lowest BCUT2D eigenvalue weighted by atomic mass is 10.1. The molecule has 0 aliphatic heterocycles. The molecule has 0 saturated heterocycles. The molecule has 20 heavy (non-hydrogen) atoms. The molecule has 0 aliphatic rings. The van der Waals surface area contributed by atoms with Crippen molar-refractivity contribution in [3.05, 3.63) is 23.4 Å². The molecule has 1 heterocycles. The second-order valence-corrected chi connectivity index (χ2v) is 4.52. The Labute approximate surface area is 122 Å². The topological polar surface area (TPSA) is 60.6 Å². The van der Waals surface area contributed by atoms with Crippen LogP contribution in [0.2, 0.25) is 0 Å². The number of aryl methyl sites for hydroxylation is 1.